The molecule has 102 valence electrons. The second kappa shape index (κ2) is 6.76. The number of hydrogen-bond acceptors (Lipinski definition) is 5. The van der Waals surface area contributed by atoms with E-state index in [1.165, 1.54) is 12.3 Å². The van der Waals surface area contributed by atoms with E-state index in [1.54, 1.807) is 12.1 Å². The highest BCUT2D eigenvalue weighted by Gasteiger charge is 2.13. The number of guanidine groups is 1. The van der Waals surface area contributed by atoms with Crippen LogP contribution in [0.2, 0.25) is 0 Å². The van der Waals surface area contributed by atoms with Gasteiger partial charge >= 0.3 is 7.12 Å². The Labute approximate surface area is 111 Å². The summed E-state index contributed by atoms with van der Waals surface area (Å²) in [5, 5.41) is 25.4. The Kier molecular flexibility index (Phi) is 5.34. The first-order valence-electron chi connectivity index (χ1n) is 5.69. The molecule has 0 aliphatic heterocycles. The fraction of sp³-hybridized carbons (Fsp3) is 0.273. The molecule has 8 heteroatoms. The number of nitrogens with zero attached hydrogens (tertiary/aromatic N) is 2. The van der Waals surface area contributed by atoms with Gasteiger partial charge in [0.05, 0.1) is 12.3 Å². The molecule has 1 aromatic carbocycles. The van der Waals surface area contributed by atoms with Gasteiger partial charge in [-0.2, -0.15) is 5.10 Å². The highest BCUT2D eigenvalue weighted by atomic mass is 16.5. The van der Waals surface area contributed by atoms with Crippen LogP contribution in [0.1, 0.15) is 19.4 Å². The van der Waals surface area contributed by atoms with E-state index in [4.69, 9.17) is 26.3 Å². The van der Waals surface area contributed by atoms with Crippen LogP contribution in [0.15, 0.2) is 28.4 Å². The lowest BCUT2D eigenvalue weighted by Crippen LogP contribution is -2.30. The topological polar surface area (TPSA) is 126 Å². The first kappa shape index (κ1) is 15.0. The summed E-state index contributed by atoms with van der Waals surface area (Å²) in [5.41, 5.74) is 11.2. The average molecular weight is 264 g/mol. The van der Waals surface area contributed by atoms with Crippen molar-refractivity contribution in [2.75, 3.05) is 0 Å². The first-order valence-corrected chi connectivity index (χ1v) is 5.69. The summed E-state index contributed by atoms with van der Waals surface area (Å²) in [6.45, 7) is 3.76. The van der Waals surface area contributed by atoms with E-state index in [2.05, 4.69) is 10.2 Å². The molecule has 0 fully saturated rings. The molecule has 19 heavy (non-hydrogen) atoms. The van der Waals surface area contributed by atoms with Gasteiger partial charge in [0.2, 0.25) is 5.96 Å². The number of benzene rings is 1. The second-order valence-corrected chi connectivity index (χ2v) is 4.11. The molecule has 6 N–H and O–H groups in total. The molecule has 0 atom stereocenters. The Morgan fingerprint density at radius 3 is 2.58 bits per heavy atom. The Balaban J connectivity index is 3.10. The predicted molar refractivity (Wildman–Crippen MR) is 75.4 cm³/mol. The Bertz CT molecular complexity index is 485. The van der Waals surface area contributed by atoms with E-state index in [0.29, 0.717) is 16.8 Å². The molecule has 1 rings (SSSR count). The van der Waals surface area contributed by atoms with Gasteiger partial charge in [0.15, 0.2) is 0 Å². The molecule has 0 saturated carbocycles. The van der Waals surface area contributed by atoms with Crippen molar-refractivity contribution in [3.05, 3.63) is 23.8 Å². The number of rotatable bonds is 5. The van der Waals surface area contributed by atoms with Crippen LogP contribution >= 0.6 is 0 Å². The largest absolute Gasteiger partial charge is 0.490 e. The van der Waals surface area contributed by atoms with Crippen LogP contribution in [0.3, 0.4) is 0 Å². The van der Waals surface area contributed by atoms with E-state index in [9.17, 15) is 0 Å². The minimum atomic E-state index is -1.57. The Hall–Kier alpha value is -2.06. The van der Waals surface area contributed by atoms with Gasteiger partial charge in [0.1, 0.15) is 5.75 Å². The molecular weight excluding hydrogens is 247 g/mol. The molecule has 0 unspecified atom stereocenters. The van der Waals surface area contributed by atoms with Crippen LogP contribution in [0.4, 0.5) is 0 Å². The minimum Gasteiger partial charge on any atom is -0.490 e. The van der Waals surface area contributed by atoms with Gasteiger partial charge in [-0.25, -0.2) is 0 Å². The maximum atomic E-state index is 9.14. The first-order chi connectivity index (χ1) is 8.90. The van der Waals surface area contributed by atoms with Gasteiger partial charge in [-0.15, -0.1) is 5.10 Å². The third-order valence-corrected chi connectivity index (χ3v) is 2.06. The highest BCUT2D eigenvalue weighted by molar-refractivity contribution is 6.58. The molecule has 0 amide bonds. The molecule has 0 heterocycles. The average Bonchev–Trinajstić information content (AvgIpc) is 2.29. The van der Waals surface area contributed by atoms with Gasteiger partial charge in [-0.05, 0) is 31.4 Å². The summed E-state index contributed by atoms with van der Waals surface area (Å²) in [7, 11) is -1.57. The molecule has 0 saturated heterocycles. The Morgan fingerprint density at radius 2 is 2.05 bits per heavy atom. The molecule has 0 aromatic heterocycles. The van der Waals surface area contributed by atoms with Gasteiger partial charge in [0, 0.05) is 5.56 Å². The molecule has 0 aliphatic carbocycles. The van der Waals surface area contributed by atoms with Crippen molar-refractivity contribution in [2.45, 2.75) is 20.0 Å². The lowest BCUT2D eigenvalue weighted by molar-refractivity contribution is 0.242. The summed E-state index contributed by atoms with van der Waals surface area (Å²) < 4.78 is 5.57. The fourth-order valence-electron chi connectivity index (χ4n) is 1.35. The molecule has 1 aromatic rings. The molecule has 0 bridgehead atoms. The van der Waals surface area contributed by atoms with Crippen molar-refractivity contribution >= 4 is 24.8 Å². The monoisotopic (exact) mass is 264 g/mol. The SMILES string of the molecule is CC(C)Oc1ccc(B(O)O)cc1C=NN=C(N)N. The lowest BCUT2D eigenvalue weighted by Gasteiger charge is -2.13. The van der Waals surface area contributed by atoms with Crippen molar-refractivity contribution in [2.24, 2.45) is 21.7 Å². The molecule has 0 spiro atoms. The molecular formula is C11H17BN4O3. The predicted octanol–water partition coefficient (Wildman–Crippen LogP) is -1.24. The smallest absolute Gasteiger partial charge is 0.488 e. The van der Waals surface area contributed by atoms with Crippen molar-refractivity contribution in [1.29, 1.82) is 0 Å². The summed E-state index contributed by atoms with van der Waals surface area (Å²) >= 11 is 0. The van der Waals surface area contributed by atoms with Gasteiger partial charge in [0.25, 0.3) is 0 Å². The second-order valence-electron chi connectivity index (χ2n) is 4.11. The van der Waals surface area contributed by atoms with Crippen LogP contribution in [0.5, 0.6) is 5.75 Å². The van der Waals surface area contributed by atoms with E-state index < -0.39 is 7.12 Å². The van der Waals surface area contributed by atoms with Crippen LogP contribution in [0.25, 0.3) is 0 Å². The minimum absolute atomic E-state index is 0.0277. The number of nitrogens with two attached hydrogens (primary N) is 2. The zero-order valence-electron chi connectivity index (χ0n) is 10.8. The quantitative estimate of drug-likeness (QED) is 0.229. The maximum absolute atomic E-state index is 9.14. The summed E-state index contributed by atoms with van der Waals surface area (Å²) in [6, 6.07) is 4.72. The zero-order chi connectivity index (χ0) is 14.4. The Morgan fingerprint density at radius 1 is 1.37 bits per heavy atom. The number of ether oxygens (including phenoxy) is 1. The molecule has 7 nitrogen and oxygen atoms in total. The number of hydrogen-bond donors (Lipinski definition) is 4. The van der Waals surface area contributed by atoms with E-state index in [1.807, 2.05) is 13.8 Å². The van der Waals surface area contributed by atoms with Gasteiger partial charge in [-0.1, -0.05) is 6.07 Å². The van der Waals surface area contributed by atoms with E-state index in [-0.39, 0.29) is 12.1 Å². The van der Waals surface area contributed by atoms with Crippen molar-refractivity contribution in [3.8, 4) is 5.75 Å². The summed E-state index contributed by atoms with van der Waals surface area (Å²) in [6.07, 6.45) is 1.35. The third kappa shape index (κ3) is 4.98. The van der Waals surface area contributed by atoms with Crippen molar-refractivity contribution < 1.29 is 14.8 Å². The van der Waals surface area contributed by atoms with Gasteiger partial charge in [-0.3, -0.25) is 0 Å². The van der Waals surface area contributed by atoms with Crippen LogP contribution in [-0.4, -0.2) is 35.4 Å². The van der Waals surface area contributed by atoms with Crippen molar-refractivity contribution in [1.82, 2.24) is 0 Å². The molecule has 0 radical (unpaired) electrons. The lowest BCUT2D eigenvalue weighted by atomic mass is 9.79. The highest BCUT2D eigenvalue weighted by Crippen LogP contribution is 2.16. The van der Waals surface area contributed by atoms with Crippen LogP contribution < -0.4 is 21.7 Å². The van der Waals surface area contributed by atoms with Gasteiger partial charge < -0.3 is 26.3 Å². The fourth-order valence-corrected chi connectivity index (χ4v) is 1.35. The third-order valence-electron chi connectivity index (χ3n) is 2.06. The van der Waals surface area contributed by atoms with E-state index in [0.717, 1.165) is 0 Å². The molecule has 0 aliphatic rings. The normalized spacial score (nSPS) is 10.8. The van der Waals surface area contributed by atoms with Crippen molar-refractivity contribution in [3.63, 3.8) is 0 Å². The standard InChI is InChI=1S/C11H17BN4O3/c1-7(2)19-10-4-3-9(12(17)18)5-8(10)6-15-16-11(13)14/h3-7,17-18H,1-2H3,(H4,13,14,16). The maximum Gasteiger partial charge on any atom is 0.488 e. The zero-order valence-corrected chi connectivity index (χ0v) is 10.8. The summed E-state index contributed by atoms with van der Waals surface area (Å²) in [4.78, 5) is 0. The summed E-state index contributed by atoms with van der Waals surface area (Å²) in [5.74, 6) is 0.384. The van der Waals surface area contributed by atoms with Crippen LogP contribution in [-0.2, 0) is 0 Å². The van der Waals surface area contributed by atoms with Crippen LogP contribution in [0, 0.1) is 0 Å². The van der Waals surface area contributed by atoms with E-state index >= 15 is 0 Å².